The molecule has 0 aliphatic carbocycles. The molecule has 0 saturated heterocycles. The standard InChI is InChI=1S/C19H15ClF3N7O/c1-24-6-10-3-2-4-12(16(10)20)14-8-30(29-26-14)9-15-13(21)5-11(7-25-15)18-27-28-19(31-18)17(22)23/h2-5,7-8,17,24H,6,9H2,1H3. The summed E-state index contributed by atoms with van der Waals surface area (Å²) in [6, 6.07) is 6.67. The molecule has 12 heteroatoms. The first-order valence-electron chi connectivity index (χ1n) is 9.05. The molecule has 1 N–H and O–H groups in total. The van der Waals surface area contributed by atoms with E-state index in [1.54, 1.807) is 6.20 Å². The molecular formula is C19H15ClF3N7O. The first-order valence-corrected chi connectivity index (χ1v) is 9.43. The van der Waals surface area contributed by atoms with Crippen molar-refractivity contribution in [2.75, 3.05) is 7.05 Å². The number of halogens is 4. The lowest BCUT2D eigenvalue weighted by Crippen LogP contribution is -2.06. The van der Waals surface area contributed by atoms with Gasteiger partial charge in [-0.25, -0.2) is 9.07 Å². The average molecular weight is 450 g/mol. The fraction of sp³-hybridized carbons (Fsp3) is 0.211. The van der Waals surface area contributed by atoms with Crippen molar-refractivity contribution in [1.29, 1.82) is 0 Å². The summed E-state index contributed by atoms with van der Waals surface area (Å²) >= 11 is 6.46. The van der Waals surface area contributed by atoms with Gasteiger partial charge in [-0.1, -0.05) is 35.0 Å². The first kappa shape index (κ1) is 20.9. The third-order valence-electron chi connectivity index (χ3n) is 4.36. The van der Waals surface area contributed by atoms with Crippen LogP contribution < -0.4 is 5.32 Å². The summed E-state index contributed by atoms with van der Waals surface area (Å²) < 4.78 is 45.9. The van der Waals surface area contributed by atoms with Gasteiger partial charge >= 0.3 is 6.43 Å². The lowest BCUT2D eigenvalue weighted by molar-refractivity contribution is 0.116. The average Bonchev–Trinajstić information content (AvgIpc) is 3.41. The van der Waals surface area contributed by atoms with E-state index in [2.05, 4.69) is 30.8 Å². The van der Waals surface area contributed by atoms with Crippen LogP contribution in [0.25, 0.3) is 22.7 Å². The molecule has 0 aliphatic rings. The van der Waals surface area contributed by atoms with E-state index in [1.165, 1.54) is 10.9 Å². The SMILES string of the molecule is CNCc1cccc(-c2cn(Cc3ncc(-c4nnc(C(F)F)o4)cc3F)nn2)c1Cl. The van der Waals surface area contributed by atoms with Crippen LogP contribution in [-0.2, 0) is 13.1 Å². The zero-order chi connectivity index (χ0) is 22.0. The molecule has 160 valence electrons. The number of rotatable bonds is 7. The lowest BCUT2D eigenvalue weighted by Gasteiger charge is -2.07. The molecule has 3 heterocycles. The molecule has 0 aliphatic heterocycles. The molecule has 1 aromatic carbocycles. The van der Waals surface area contributed by atoms with Crippen LogP contribution in [0.15, 0.2) is 41.1 Å². The molecule has 3 aromatic heterocycles. The zero-order valence-electron chi connectivity index (χ0n) is 16.1. The smallest absolute Gasteiger partial charge is 0.314 e. The Hall–Kier alpha value is -3.31. The summed E-state index contributed by atoms with van der Waals surface area (Å²) in [6.45, 7) is 0.597. The van der Waals surface area contributed by atoms with E-state index in [-0.39, 0.29) is 23.7 Å². The maximum absolute atomic E-state index is 14.5. The van der Waals surface area contributed by atoms with Crippen LogP contribution in [0.2, 0.25) is 5.02 Å². The van der Waals surface area contributed by atoms with Crippen LogP contribution in [-0.4, -0.2) is 37.2 Å². The molecule has 31 heavy (non-hydrogen) atoms. The minimum Gasteiger partial charge on any atom is -0.415 e. The van der Waals surface area contributed by atoms with Gasteiger partial charge in [-0.15, -0.1) is 15.3 Å². The number of nitrogens with one attached hydrogen (secondary N) is 1. The molecule has 0 saturated carbocycles. The highest BCUT2D eigenvalue weighted by Gasteiger charge is 2.19. The second kappa shape index (κ2) is 8.82. The number of alkyl halides is 2. The van der Waals surface area contributed by atoms with Gasteiger partial charge in [0.05, 0.1) is 29.0 Å². The largest absolute Gasteiger partial charge is 0.415 e. The van der Waals surface area contributed by atoms with Gasteiger partial charge in [-0.3, -0.25) is 4.98 Å². The Kier molecular flexibility index (Phi) is 5.96. The number of benzene rings is 1. The predicted octanol–water partition coefficient (Wildman–Crippen LogP) is 3.89. The van der Waals surface area contributed by atoms with E-state index >= 15 is 0 Å². The van der Waals surface area contributed by atoms with E-state index in [1.807, 2.05) is 25.2 Å². The second-order valence-corrected chi connectivity index (χ2v) is 6.89. The Morgan fingerprint density at radius 2 is 2.06 bits per heavy atom. The molecule has 0 radical (unpaired) electrons. The molecule has 0 spiro atoms. The van der Waals surface area contributed by atoms with Crippen molar-refractivity contribution in [3.05, 3.63) is 64.6 Å². The minimum absolute atomic E-state index is 0.000936. The Bertz CT molecular complexity index is 1210. The Balaban J connectivity index is 1.54. The lowest BCUT2D eigenvalue weighted by atomic mass is 10.1. The molecule has 4 rings (SSSR count). The summed E-state index contributed by atoms with van der Waals surface area (Å²) in [5.41, 5.74) is 2.31. The number of hydrogen-bond acceptors (Lipinski definition) is 7. The van der Waals surface area contributed by atoms with E-state index in [9.17, 15) is 13.2 Å². The first-order chi connectivity index (χ1) is 15.0. The maximum atomic E-state index is 14.5. The monoisotopic (exact) mass is 449 g/mol. The summed E-state index contributed by atoms with van der Waals surface area (Å²) in [5, 5.41) is 18.4. The summed E-state index contributed by atoms with van der Waals surface area (Å²) in [4.78, 5) is 4.03. The fourth-order valence-electron chi connectivity index (χ4n) is 2.90. The Labute approximate surface area is 179 Å². The van der Waals surface area contributed by atoms with Crippen LogP contribution in [0, 0.1) is 5.82 Å². The van der Waals surface area contributed by atoms with Crippen molar-refractivity contribution in [2.24, 2.45) is 0 Å². The fourth-order valence-corrected chi connectivity index (χ4v) is 3.19. The van der Waals surface area contributed by atoms with Crippen molar-refractivity contribution in [2.45, 2.75) is 19.5 Å². The van der Waals surface area contributed by atoms with Crippen molar-refractivity contribution in [1.82, 2.24) is 35.5 Å². The normalized spacial score (nSPS) is 11.4. The molecule has 0 bridgehead atoms. The van der Waals surface area contributed by atoms with Gasteiger partial charge in [0.2, 0.25) is 5.89 Å². The van der Waals surface area contributed by atoms with Crippen molar-refractivity contribution in [3.63, 3.8) is 0 Å². The highest BCUT2D eigenvalue weighted by Crippen LogP contribution is 2.29. The van der Waals surface area contributed by atoms with Gasteiger partial charge in [0, 0.05) is 18.3 Å². The number of aromatic nitrogens is 6. The van der Waals surface area contributed by atoms with E-state index in [0.717, 1.165) is 11.6 Å². The summed E-state index contributed by atoms with van der Waals surface area (Å²) in [7, 11) is 1.82. The van der Waals surface area contributed by atoms with E-state index in [0.29, 0.717) is 22.8 Å². The topological polar surface area (TPSA) is 94.6 Å². The molecule has 0 amide bonds. The molecular weight excluding hydrogens is 435 g/mol. The quantitative estimate of drug-likeness (QED) is 0.457. The van der Waals surface area contributed by atoms with E-state index in [4.69, 9.17) is 16.0 Å². The molecule has 0 atom stereocenters. The van der Waals surface area contributed by atoms with Crippen LogP contribution in [0.3, 0.4) is 0 Å². The second-order valence-electron chi connectivity index (χ2n) is 6.51. The zero-order valence-corrected chi connectivity index (χ0v) is 16.8. The van der Waals surface area contributed by atoms with Gasteiger partial charge in [0.1, 0.15) is 11.5 Å². The van der Waals surface area contributed by atoms with Crippen LogP contribution in [0.1, 0.15) is 23.6 Å². The van der Waals surface area contributed by atoms with Gasteiger partial charge in [-0.05, 0) is 18.7 Å². The van der Waals surface area contributed by atoms with Crippen molar-refractivity contribution in [3.8, 4) is 22.7 Å². The highest BCUT2D eigenvalue weighted by atomic mass is 35.5. The molecule has 4 aromatic rings. The number of hydrogen-bond donors (Lipinski definition) is 1. The maximum Gasteiger partial charge on any atom is 0.314 e. The molecule has 0 unspecified atom stereocenters. The third-order valence-corrected chi connectivity index (χ3v) is 4.81. The Morgan fingerprint density at radius 3 is 2.77 bits per heavy atom. The van der Waals surface area contributed by atoms with Crippen LogP contribution in [0.5, 0.6) is 0 Å². The van der Waals surface area contributed by atoms with Gasteiger partial charge in [-0.2, -0.15) is 8.78 Å². The van der Waals surface area contributed by atoms with Gasteiger partial charge in [0.25, 0.3) is 5.89 Å². The number of nitrogens with zero attached hydrogens (tertiary/aromatic N) is 6. The molecule has 0 fully saturated rings. The van der Waals surface area contributed by atoms with Crippen LogP contribution in [0.4, 0.5) is 13.2 Å². The predicted molar refractivity (Wildman–Crippen MR) is 105 cm³/mol. The van der Waals surface area contributed by atoms with Crippen molar-refractivity contribution >= 4 is 11.6 Å². The van der Waals surface area contributed by atoms with E-state index < -0.39 is 18.1 Å². The number of pyridine rings is 1. The summed E-state index contributed by atoms with van der Waals surface area (Å²) in [6.07, 6.45) is -0.0176. The minimum atomic E-state index is -2.91. The Morgan fingerprint density at radius 1 is 1.23 bits per heavy atom. The van der Waals surface area contributed by atoms with Crippen LogP contribution >= 0.6 is 11.6 Å². The summed E-state index contributed by atoms with van der Waals surface area (Å²) in [5.74, 6) is -1.76. The molecule has 8 nitrogen and oxygen atoms in total. The van der Waals surface area contributed by atoms with Crippen molar-refractivity contribution < 1.29 is 17.6 Å². The van der Waals surface area contributed by atoms with Gasteiger partial charge in [0.15, 0.2) is 0 Å². The van der Waals surface area contributed by atoms with Gasteiger partial charge < -0.3 is 9.73 Å². The third kappa shape index (κ3) is 4.42. The highest BCUT2D eigenvalue weighted by molar-refractivity contribution is 6.34.